The van der Waals surface area contributed by atoms with Crippen LogP contribution in [0.5, 0.6) is 0 Å². The Morgan fingerprint density at radius 3 is 2.52 bits per heavy atom. The van der Waals surface area contributed by atoms with Crippen molar-refractivity contribution in [3.8, 4) is 0 Å². The standard InChI is InChI=1S/C20H15Cl2NO5S/c1-23-18(25)9-17(19(23)26)29-16-5-3-2-4-12(16)20(27)28-10-15(24)11-6-7-13(21)14(22)8-11/h2-8,17H,9-10H2,1H3. The van der Waals surface area contributed by atoms with E-state index in [-0.39, 0.29) is 34.4 Å². The molecule has 2 aromatic rings. The lowest BCUT2D eigenvalue weighted by molar-refractivity contribution is -0.136. The molecule has 0 radical (unpaired) electrons. The quantitative estimate of drug-likeness (QED) is 0.376. The Hall–Kier alpha value is -2.35. The number of imide groups is 1. The van der Waals surface area contributed by atoms with E-state index < -0.39 is 23.6 Å². The molecule has 150 valence electrons. The highest BCUT2D eigenvalue weighted by Crippen LogP contribution is 2.33. The zero-order chi connectivity index (χ0) is 21.1. The third-order valence-corrected chi connectivity index (χ3v) is 6.29. The number of carbonyl (C=O) groups excluding carboxylic acids is 4. The second kappa shape index (κ2) is 8.98. The Labute approximate surface area is 181 Å². The van der Waals surface area contributed by atoms with E-state index in [4.69, 9.17) is 27.9 Å². The molecule has 0 N–H and O–H groups in total. The molecule has 3 rings (SSSR count). The average Bonchev–Trinajstić information content (AvgIpc) is 2.95. The Morgan fingerprint density at radius 1 is 1.14 bits per heavy atom. The van der Waals surface area contributed by atoms with Crippen LogP contribution in [0, 0.1) is 0 Å². The first-order chi connectivity index (χ1) is 13.8. The minimum Gasteiger partial charge on any atom is -0.454 e. The van der Waals surface area contributed by atoms with Crippen LogP contribution in [0.1, 0.15) is 27.1 Å². The summed E-state index contributed by atoms with van der Waals surface area (Å²) in [5, 5.41) is -0.0534. The molecule has 1 fully saturated rings. The van der Waals surface area contributed by atoms with E-state index in [1.54, 1.807) is 24.3 Å². The topological polar surface area (TPSA) is 80.8 Å². The molecule has 2 aromatic carbocycles. The zero-order valence-electron chi connectivity index (χ0n) is 15.2. The maximum atomic E-state index is 12.5. The molecule has 1 unspecified atom stereocenters. The predicted octanol–water partition coefficient (Wildman–Crippen LogP) is 3.88. The lowest BCUT2D eigenvalue weighted by Gasteiger charge is -2.12. The summed E-state index contributed by atoms with van der Waals surface area (Å²) in [6.07, 6.45) is 0.0686. The molecular weight excluding hydrogens is 437 g/mol. The molecule has 1 atom stereocenters. The molecule has 0 aromatic heterocycles. The molecule has 0 bridgehead atoms. The van der Waals surface area contributed by atoms with Gasteiger partial charge in [-0.1, -0.05) is 35.3 Å². The lowest BCUT2D eigenvalue weighted by atomic mass is 10.1. The number of rotatable bonds is 6. The fourth-order valence-electron chi connectivity index (χ4n) is 2.67. The first-order valence-corrected chi connectivity index (χ1v) is 10.1. The van der Waals surface area contributed by atoms with Crippen molar-refractivity contribution >= 4 is 58.5 Å². The van der Waals surface area contributed by atoms with Crippen LogP contribution < -0.4 is 0 Å². The minimum absolute atomic E-state index is 0.0686. The van der Waals surface area contributed by atoms with Gasteiger partial charge in [-0.05, 0) is 30.3 Å². The second-order valence-electron chi connectivity index (χ2n) is 6.23. The van der Waals surface area contributed by atoms with Crippen molar-refractivity contribution < 1.29 is 23.9 Å². The van der Waals surface area contributed by atoms with Gasteiger partial charge in [0.15, 0.2) is 12.4 Å². The monoisotopic (exact) mass is 451 g/mol. The SMILES string of the molecule is CN1C(=O)CC(Sc2ccccc2C(=O)OCC(=O)c2ccc(Cl)c(Cl)c2)C1=O. The number of carbonyl (C=O) groups is 4. The molecule has 1 aliphatic heterocycles. The summed E-state index contributed by atoms with van der Waals surface area (Å²) < 4.78 is 5.15. The Kier molecular flexibility index (Phi) is 6.62. The number of ether oxygens (including phenoxy) is 1. The highest BCUT2D eigenvalue weighted by Gasteiger charge is 2.37. The fourth-order valence-corrected chi connectivity index (χ4v) is 4.19. The third kappa shape index (κ3) is 4.80. The second-order valence-corrected chi connectivity index (χ2v) is 8.28. The fraction of sp³-hybridized carbons (Fsp3) is 0.200. The number of esters is 1. The number of halogens is 2. The van der Waals surface area contributed by atoms with Crippen LogP contribution in [-0.4, -0.2) is 47.4 Å². The van der Waals surface area contributed by atoms with Gasteiger partial charge in [-0.25, -0.2) is 4.79 Å². The summed E-state index contributed by atoms with van der Waals surface area (Å²) in [6.45, 7) is -0.473. The Bertz CT molecular complexity index is 1010. The van der Waals surface area contributed by atoms with Crippen LogP contribution >= 0.6 is 35.0 Å². The number of hydrogen-bond donors (Lipinski definition) is 0. The molecule has 1 heterocycles. The van der Waals surface area contributed by atoms with Gasteiger partial charge in [-0.15, -0.1) is 11.8 Å². The van der Waals surface area contributed by atoms with Crippen molar-refractivity contribution in [3.63, 3.8) is 0 Å². The number of thioether (sulfide) groups is 1. The van der Waals surface area contributed by atoms with Crippen LogP contribution in [0.2, 0.25) is 10.0 Å². The van der Waals surface area contributed by atoms with Gasteiger partial charge in [-0.3, -0.25) is 19.3 Å². The van der Waals surface area contributed by atoms with Crippen molar-refractivity contribution in [2.24, 2.45) is 0 Å². The van der Waals surface area contributed by atoms with Crippen molar-refractivity contribution in [2.45, 2.75) is 16.6 Å². The van der Waals surface area contributed by atoms with Gasteiger partial charge in [0, 0.05) is 23.9 Å². The van der Waals surface area contributed by atoms with Crippen LogP contribution in [0.15, 0.2) is 47.4 Å². The van der Waals surface area contributed by atoms with Crippen molar-refractivity contribution in [1.82, 2.24) is 4.90 Å². The van der Waals surface area contributed by atoms with Gasteiger partial charge in [-0.2, -0.15) is 0 Å². The van der Waals surface area contributed by atoms with Crippen LogP contribution in [0.3, 0.4) is 0 Å². The molecule has 6 nitrogen and oxygen atoms in total. The van der Waals surface area contributed by atoms with Crippen molar-refractivity contribution in [1.29, 1.82) is 0 Å². The summed E-state index contributed by atoms with van der Waals surface area (Å²) in [4.78, 5) is 50.2. The molecule has 0 spiro atoms. The van der Waals surface area contributed by atoms with E-state index in [0.717, 1.165) is 16.7 Å². The van der Waals surface area contributed by atoms with E-state index in [0.29, 0.717) is 9.92 Å². The highest BCUT2D eigenvalue weighted by molar-refractivity contribution is 8.00. The zero-order valence-corrected chi connectivity index (χ0v) is 17.5. The van der Waals surface area contributed by atoms with Crippen molar-refractivity contribution in [3.05, 3.63) is 63.6 Å². The number of benzene rings is 2. The number of amides is 2. The van der Waals surface area contributed by atoms with Gasteiger partial charge in [0.1, 0.15) is 0 Å². The lowest BCUT2D eigenvalue weighted by Crippen LogP contribution is -2.26. The number of nitrogens with zero attached hydrogens (tertiary/aromatic N) is 1. The molecule has 2 amide bonds. The van der Waals surface area contributed by atoms with Gasteiger partial charge in [0.2, 0.25) is 11.8 Å². The summed E-state index contributed by atoms with van der Waals surface area (Å²) in [5.41, 5.74) is 0.488. The summed E-state index contributed by atoms with van der Waals surface area (Å²) in [5.74, 6) is -1.70. The minimum atomic E-state index is -0.702. The molecule has 1 aliphatic rings. The first-order valence-electron chi connectivity index (χ1n) is 8.49. The predicted molar refractivity (Wildman–Crippen MR) is 110 cm³/mol. The number of hydrogen-bond acceptors (Lipinski definition) is 6. The maximum absolute atomic E-state index is 12.5. The average molecular weight is 452 g/mol. The molecule has 9 heteroatoms. The number of ketones is 1. The molecule has 29 heavy (non-hydrogen) atoms. The Morgan fingerprint density at radius 2 is 1.86 bits per heavy atom. The van der Waals surface area contributed by atoms with E-state index in [1.165, 1.54) is 25.2 Å². The smallest absolute Gasteiger partial charge is 0.339 e. The van der Waals surface area contributed by atoms with Gasteiger partial charge >= 0.3 is 5.97 Å². The highest BCUT2D eigenvalue weighted by atomic mass is 35.5. The Balaban J connectivity index is 1.68. The normalized spacial score (nSPS) is 16.2. The van der Waals surface area contributed by atoms with Crippen LogP contribution in [0.25, 0.3) is 0 Å². The number of Topliss-reactive ketones (excluding diaryl/α,β-unsaturated/α-hetero) is 1. The first kappa shape index (κ1) is 21.4. The molecule has 1 saturated heterocycles. The third-order valence-electron chi connectivity index (χ3n) is 4.29. The van der Waals surface area contributed by atoms with Crippen molar-refractivity contribution in [2.75, 3.05) is 13.7 Å². The van der Waals surface area contributed by atoms with E-state index in [1.807, 2.05) is 0 Å². The van der Waals surface area contributed by atoms with E-state index in [2.05, 4.69) is 0 Å². The van der Waals surface area contributed by atoms with Gasteiger partial charge in [0.25, 0.3) is 0 Å². The summed E-state index contributed by atoms with van der Waals surface area (Å²) in [7, 11) is 1.43. The maximum Gasteiger partial charge on any atom is 0.339 e. The largest absolute Gasteiger partial charge is 0.454 e. The summed E-state index contributed by atoms with van der Waals surface area (Å²) >= 11 is 12.9. The van der Waals surface area contributed by atoms with Gasteiger partial charge in [0.05, 0.1) is 20.9 Å². The molecule has 0 saturated carbocycles. The van der Waals surface area contributed by atoms with Gasteiger partial charge < -0.3 is 4.74 Å². The number of likely N-dealkylation sites (tertiary alicyclic amines) is 1. The summed E-state index contributed by atoms with van der Waals surface area (Å²) in [6, 6.07) is 11.0. The van der Waals surface area contributed by atoms with E-state index >= 15 is 0 Å². The van der Waals surface area contributed by atoms with Crippen LogP contribution in [0.4, 0.5) is 0 Å². The van der Waals surface area contributed by atoms with Crippen LogP contribution in [-0.2, 0) is 14.3 Å². The molecular formula is C20H15Cl2NO5S. The van der Waals surface area contributed by atoms with E-state index in [9.17, 15) is 19.2 Å². The molecule has 0 aliphatic carbocycles.